The summed E-state index contributed by atoms with van der Waals surface area (Å²) in [6, 6.07) is 67.0. The molecule has 0 saturated carbocycles. The maximum absolute atomic E-state index is 6.57. The van der Waals surface area contributed by atoms with Gasteiger partial charge < -0.3 is 19.1 Å². The minimum atomic E-state index is -0.0658. The molecule has 0 saturated heterocycles. The number of nitrogens with zero attached hydrogens (tertiary/aromatic N) is 3. The Balaban J connectivity index is 1.06. The van der Waals surface area contributed by atoms with E-state index in [0.717, 1.165) is 77.9 Å². The Kier molecular flexibility index (Phi) is 12.4. The van der Waals surface area contributed by atoms with Crippen LogP contribution in [0.25, 0.3) is 33.1 Å². The number of anilines is 9. The third kappa shape index (κ3) is 8.88. The summed E-state index contributed by atoms with van der Waals surface area (Å²) in [6.45, 7) is 39.9. The zero-order valence-corrected chi connectivity index (χ0v) is 57.1. The summed E-state index contributed by atoms with van der Waals surface area (Å²) < 4.78 is 6.57. The van der Waals surface area contributed by atoms with Crippen LogP contribution in [0.1, 0.15) is 207 Å². The van der Waals surface area contributed by atoms with E-state index in [1.807, 2.05) is 0 Å². The van der Waals surface area contributed by atoms with Gasteiger partial charge in [-0.3, -0.25) is 0 Å². The van der Waals surface area contributed by atoms with Gasteiger partial charge in [-0.2, -0.15) is 0 Å². The van der Waals surface area contributed by atoms with Crippen LogP contribution in [0, 0.1) is 0 Å². The molecule has 16 rings (SSSR count). The van der Waals surface area contributed by atoms with Gasteiger partial charge in [-0.15, -0.1) is 0 Å². The molecule has 5 heteroatoms. The number of furan rings is 1. The van der Waals surface area contributed by atoms with Gasteiger partial charge in [0.1, 0.15) is 11.3 Å². The Hall–Kier alpha value is -7.76. The molecule has 0 atom stereocenters. The lowest BCUT2D eigenvalue weighted by molar-refractivity contribution is 0.332. The number of hydrogen-bond donors (Lipinski definition) is 0. The molecule has 6 aliphatic rings. The van der Waals surface area contributed by atoms with Gasteiger partial charge in [-0.1, -0.05) is 190 Å². The standard InChI is InChI=1S/C86H92BN3O/c1-79(2)36-38-81(5,6)63-45-57(32-34-61(63)79)89-72-51-67-65(83(9,10)40-42-85(67,13)14)49-69(72)87-70-50-66-68(86(15,16)43-41-84(66,11)12)52-73(70)90(58-33-35-62-64(46-58)82(7,8)39-37-80(62,3)4)75-48-59(47-74(89)78(75)87)88(71-26-21-24-53-22-17-19-25-60(53)71)56-30-28-54(29-31-56)77-44-55-23-18-20-27-76(55)91-77/h17-35,44-52H,36-43H2,1-16H3. The van der Waals surface area contributed by atoms with Gasteiger partial charge in [0.25, 0.3) is 6.71 Å². The molecule has 0 radical (unpaired) electrons. The second-order valence-electron chi connectivity index (χ2n) is 34.0. The second kappa shape index (κ2) is 19.4. The van der Waals surface area contributed by atoms with Crippen LogP contribution in [-0.2, 0) is 43.3 Å². The van der Waals surface area contributed by atoms with E-state index in [1.165, 1.54) is 119 Å². The summed E-state index contributed by atoms with van der Waals surface area (Å²) in [7, 11) is 0. The summed E-state index contributed by atoms with van der Waals surface area (Å²) in [6.07, 6.45) is 9.20. The van der Waals surface area contributed by atoms with Crippen molar-refractivity contribution in [3.8, 4) is 11.3 Å². The number of rotatable bonds is 6. The Morgan fingerprint density at radius 2 is 0.747 bits per heavy atom. The fourth-order valence-corrected chi connectivity index (χ4v) is 17.9. The number of hydrogen-bond acceptors (Lipinski definition) is 4. The van der Waals surface area contributed by atoms with Crippen LogP contribution < -0.4 is 31.1 Å². The summed E-state index contributed by atoms with van der Waals surface area (Å²) in [5.41, 5.74) is 29.0. The molecule has 0 bridgehead atoms. The molecule has 460 valence electrons. The molecule has 0 amide bonds. The van der Waals surface area contributed by atoms with Crippen molar-refractivity contribution in [1.82, 2.24) is 0 Å². The molecule has 3 heterocycles. The highest BCUT2D eigenvalue weighted by Gasteiger charge is 2.50. The number of benzene rings is 9. The molecule has 0 unspecified atom stereocenters. The maximum Gasteiger partial charge on any atom is 0.252 e. The minimum Gasteiger partial charge on any atom is -0.456 e. The lowest BCUT2D eigenvalue weighted by Crippen LogP contribution is -2.62. The van der Waals surface area contributed by atoms with Gasteiger partial charge in [0.15, 0.2) is 0 Å². The van der Waals surface area contributed by atoms with Gasteiger partial charge >= 0.3 is 0 Å². The van der Waals surface area contributed by atoms with Crippen molar-refractivity contribution in [2.45, 2.75) is 205 Å². The highest BCUT2D eigenvalue weighted by molar-refractivity contribution is 7.00. The Morgan fingerprint density at radius 1 is 0.341 bits per heavy atom. The first kappa shape index (κ1) is 58.3. The summed E-state index contributed by atoms with van der Waals surface area (Å²) in [4.78, 5) is 8.11. The van der Waals surface area contributed by atoms with E-state index in [2.05, 4.69) is 295 Å². The quantitative estimate of drug-likeness (QED) is 0.155. The van der Waals surface area contributed by atoms with Gasteiger partial charge in [-0.25, -0.2) is 0 Å². The van der Waals surface area contributed by atoms with Crippen LogP contribution >= 0.6 is 0 Å². The van der Waals surface area contributed by atoms with E-state index in [1.54, 1.807) is 0 Å². The molecule has 91 heavy (non-hydrogen) atoms. The summed E-state index contributed by atoms with van der Waals surface area (Å²) in [5, 5.41) is 3.52. The van der Waals surface area contributed by atoms with Crippen molar-refractivity contribution in [2.75, 3.05) is 14.7 Å². The SMILES string of the molecule is CC1(C)CCC(C)(C)c2cc(N3c4cc5c(cc4B4c6cc7c(cc6N(c6ccc8c(c6)C(C)(C)CCC8(C)C)c6cc(N(c8ccc(-c9cc%10ccccc%10o9)cc8)c8cccc9ccccc89)cc3c64)C(C)(C)CCC7(C)C)C(C)(C)CCC5(C)C)ccc21. The van der Waals surface area contributed by atoms with Crippen molar-refractivity contribution in [2.24, 2.45) is 0 Å². The molecule has 2 aliphatic heterocycles. The minimum absolute atomic E-state index is 0.00490. The van der Waals surface area contributed by atoms with Crippen molar-refractivity contribution in [3.63, 3.8) is 0 Å². The smallest absolute Gasteiger partial charge is 0.252 e. The van der Waals surface area contributed by atoms with Crippen molar-refractivity contribution >= 4 is 96.0 Å². The van der Waals surface area contributed by atoms with Gasteiger partial charge in [-0.05, 0) is 252 Å². The monoisotopic (exact) mass is 1190 g/mol. The molecule has 0 fully saturated rings. The highest BCUT2D eigenvalue weighted by atomic mass is 16.3. The van der Waals surface area contributed by atoms with Crippen LogP contribution in [0.5, 0.6) is 0 Å². The molecule has 4 nitrogen and oxygen atoms in total. The molecule has 10 aromatic rings. The average molecular weight is 1190 g/mol. The molecule has 9 aromatic carbocycles. The first-order chi connectivity index (χ1) is 43.0. The van der Waals surface area contributed by atoms with Gasteiger partial charge in [0.2, 0.25) is 0 Å². The number of para-hydroxylation sites is 1. The van der Waals surface area contributed by atoms with Crippen molar-refractivity contribution < 1.29 is 4.42 Å². The van der Waals surface area contributed by atoms with Crippen LogP contribution in [0.4, 0.5) is 51.2 Å². The van der Waals surface area contributed by atoms with Crippen LogP contribution in [-0.4, -0.2) is 6.71 Å². The fraction of sp³-hybridized carbons (Fsp3) is 0.372. The lowest BCUT2D eigenvalue weighted by Gasteiger charge is -2.49. The molecule has 0 N–H and O–H groups in total. The van der Waals surface area contributed by atoms with Gasteiger partial charge in [0.05, 0.1) is 11.4 Å². The van der Waals surface area contributed by atoms with Crippen molar-refractivity contribution in [1.29, 1.82) is 0 Å². The predicted octanol–water partition coefficient (Wildman–Crippen LogP) is 22.2. The third-order valence-electron chi connectivity index (χ3n) is 24.3. The molecule has 0 spiro atoms. The molecular weight excluding hydrogens is 1100 g/mol. The van der Waals surface area contributed by atoms with E-state index in [9.17, 15) is 0 Å². The van der Waals surface area contributed by atoms with Gasteiger partial charge in [0, 0.05) is 56.1 Å². The van der Waals surface area contributed by atoms with E-state index in [-0.39, 0.29) is 50.0 Å². The first-order valence-corrected chi connectivity index (χ1v) is 34.4. The fourth-order valence-electron chi connectivity index (χ4n) is 17.9. The normalized spacial score (nSPS) is 20.2. The van der Waals surface area contributed by atoms with E-state index < -0.39 is 0 Å². The van der Waals surface area contributed by atoms with Crippen LogP contribution in [0.2, 0.25) is 0 Å². The second-order valence-corrected chi connectivity index (χ2v) is 34.0. The van der Waals surface area contributed by atoms with E-state index in [0.29, 0.717) is 0 Å². The molecule has 1 aromatic heterocycles. The van der Waals surface area contributed by atoms with E-state index in [4.69, 9.17) is 4.42 Å². The molecule has 4 aliphatic carbocycles. The molecular formula is C86H92BN3O. The largest absolute Gasteiger partial charge is 0.456 e. The first-order valence-electron chi connectivity index (χ1n) is 34.4. The zero-order valence-electron chi connectivity index (χ0n) is 57.1. The third-order valence-corrected chi connectivity index (χ3v) is 24.3. The Bertz CT molecular complexity index is 4460. The van der Waals surface area contributed by atoms with Crippen LogP contribution in [0.15, 0.2) is 174 Å². The maximum atomic E-state index is 6.57. The van der Waals surface area contributed by atoms with E-state index >= 15 is 0 Å². The van der Waals surface area contributed by atoms with Crippen molar-refractivity contribution in [3.05, 3.63) is 214 Å². The lowest BCUT2D eigenvalue weighted by atomic mass is 9.32. The topological polar surface area (TPSA) is 22.9 Å². The highest BCUT2D eigenvalue weighted by Crippen LogP contribution is 2.57. The summed E-state index contributed by atoms with van der Waals surface area (Å²) >= 11 is 0. The van der Waals surface area contributed by atoms with Crippen LogP contribution in [0.3, 0.4) is 0 Å². The predicted molar refractivity (Wildman–Crippen MR) is 389 cm³/mol. The number of fused-ring (bicyclic) bond motifs is 10. The average Bonchev–Trinajstić information content (AvgIpc) is 0.933. The Morgan fingerprint density at radius 3 is 1.22 bits per heavy atom. The Labute approximate surface area is 543 Å². The zero-order chi connectivity index (χ0) is 63.5. The summed E-state index contributed by atoms with van der Waals surface area (Å²) in [5.74, 6) is 0.869.